The highest BCUT2D eigenvalue weighted by molar-refractivity contribution is 7.89. The van der Waals surface area contributed by atoms with Gasteiger partial charge in [0.05, 0.1) is 24.2 Å². The highest BCUT2D eigenvalue weighted by Crippen LogP contribution is 2.30. The molecule has 20 heavy (non-hydrogen) atoms. The van der Waals surface area contributed by atoms with Crippen molar-refractivity contribution in [2.24, 2.45) is 0 Å². The van der Waals surface area contributed by atoms with Gasteiger partial charge >= 0.3 is 0 Å². The van der Waals surface area contributed by atoms with E-state index in [9.17, 15) is 8.42 Å². The fourth-order valence-electron chi connectivity index (χ4n) is 2.67. The molecule has 0 aromatic heterocycles. The van der Waals surface area contributed by atoms with Gasteiger partial charge in [-0.1, -0.05) is 0 Å². The number of hydrogen-bond donors (Lipinski definition) is 0. The van der Waals surface area contributed by atoms with Gasteiger partial charge in [-0.05, 0) is 37.6 Å². The molecule has 0 bridgehead atoms. The lowest BCUT2D eigenvalue weighted by Gasteiger charge is -2.35. The number of benzene rings is 1. The van der Waals surface area contributed by atoms with Crippen molar-refractivity contribution in [1.82, 2.24) is 4.31 Å². The van der Waals surface area contributed by atoms with Gasteiger partial charge in [0.25, 0.3) is 0 Å². The monoisotopic (exact) mass is 297 g/mol. The molecular formula is C14H19NO4S. The van der Waals surface area contributed by atoms with E-state index in [4.69, 9.17) is 9.47 Å². The summed E-state index contributed by atoms with van der Waals surface area (Å²) in [5, 5.41) is 0. The van der Waals surface area contributed by atoms with Gasteiger partial charge in [-0.2, -0.15) is 4.31 Å². The SMILES string of the molecule is C[C@@H]1CO[C@@H](C)CN1S(=O)(=O)c1ccc2c(c1)CCO2. The molecule has 0 amide bonds. The lowest BCUT2D eigenvalue weighted by molar-refractivity contribution is -0.0170. The van der Waals surface area contributed by atoms with Crippen molar-refractivity contribution in [1.29, 1.82) is 0 Å². The van der Waals surface area contributed by atoms with Gasteiger partial charge in [0.2, 0.25) is 10.0 Å². The average molecular weight is 297 g/mol. The first kappa shape index (κ1) is 13.9. The zero-order valence-corrected chi connectivity index (χ0v) is 12.5. The standard InChI is InChI=1S/C14H19NO4S/c1-10-9-19-11(2)8-15(10)20(16,17)13-3-4-14-12(7-13)5-6-18-14/h3-4,7,10-11H,5-6,8-9H2,1-2H3/t10-,11+/m1/s1. The zero-order chi connectivity index (χ0) is 14.3. The Labute approximate surface area is 119 Å². The third kappa shape index (κ3) is 2.32. The van der Waals surface area contributed by atoms with Crippen molar-refractivity contribution in [3.8, 4) is 5.75 Å². The van der Waals surface area contributed by atoms with E-state index in [0.717, 1.165) is 17.7 Å². The number of fused-ring (bicyclic) bond motifs is 1. The molecular weight excluding hydrogens is 278 g/mol. The topological polar surface area (TPSA) is 55.8 Å². The highest BCUT2D eigenvalue weighted by atomic mass is 32.2. The van der Waals surface area contributed by atoms with Gasteiger partial charge in [0.15, 0.2) is 0 Å². The Kier molecular flexibility index (Phi) is 3.48. The molecule has 0 spiro atoms. The van der Waals surface area contributed by atoms with Crippen LogP contribution in [0.25, 0.3) is 0 Å². The molecule has 1 aromatic carbocycles. The summed E-state index contributed by atoms with van der Waals surface area (Å²) in [5.41, 5.74) is 0.972. The van der Waals surface area contributed by atoms with Crippen LogP contribution in [0, 0.1) is 0 Å². The zero-order valence-electron chi connectivity index (χ0n) is 11.7. The van der Waals surface area contributed by atoms with Crippen molar-refractivity contribution >= 4 is 10.0 Å². The van der Waals surface area contributed by atoms with Crippen LogP contribution in [-0.4, -0.2) is 44.6 Å². The molecule has 2 atom stereocenters. The molecule has 2 heterocycles. The van der Waals surface area contributed by atoms with E-state index < -0.39 is 10.0 Å². The molecule has 0 N–H and O–H groups in total. The molecule has 3 rings (SSSR count). The molecule has 1 fully saturated rings. The van der Waals surface area contributed by atoms with Crippen molar-refractivity contribution in [3.63, 3.8) is 0 Å². The molecule has 6 heteroatoms. The van der Waals surface area contributed by atoms with Gasteiger partial charge < -0.3 is 9.47 Å². The number of sulfonamides is 1. The lowest BCUT2D eigenvalue weighted by Crippen LogP contribution is -2.50. The average Bonchev–Trinajstić information content (AvgIpc) is 2.88. The summed E-state index contributed by atoms with van der Waals surface area (Å²) < 4.78 is 38.0. The molecule has 5 nitrogen and oxygen atoms in total. The summed E-state index contributed by atoms with van der Waals surface area (Å²) in [6, 6.07) is 4.99. The second-order valence-electron chi connectivity index (χ2n) is 5.44. The van der Waals surface area contributed by atoms with E-state index in [2.05, 4.69) is 0 Å². The fraction of sp³-hybridized carbons (Fsp3) is 0.571. The van der Waals surface area contributed by atoms with E-state index in [1.165, 1.54) is 0 Å². The van der Waals surface area contributed by atoms with Crippen LogP contribution in [0.2, 0.25) is 0 Å². The Morgan fingerprint density at radius 2 is 2.10 bits per heavy atom. The minimum atomic E-state index is -3.47. The minimum Gasteiger partial charge on any atom is -0.493 e. The van der Waals surface area contributed by atoms with E-state index >= 15 is 0 Å². The van der Waals surface area contributed by atoms with Crippen LogP contribution in [0.3, 0.4) is 0 Å². The molecule has 2 aliphatic heterocycles. The highest BCUT2D eigenvalue weighted by Gasteiger charge is 2.34. The van der Waals surface area contributed by atoms with Crippen molar-refractivity contribution in [3.05, 3.63) is 23.8 Å². The van der Waals surface area contributed by atoms with Gasteiger partial charge in [0, 0.05) is 19.0 Å². The number of hydrogen-bond acceptors (Lipinski definition) is 4. The summed E-state index contributed by atoms with van der Waals surface area (Å²) in [7, 11) is -3.47. The Hall–Kier alpha value is -1.11. The quantitative estimate of drug-likeness (QED) is 0.828. The van der Waals surface area contributed by atoms with Crippen LogP contribution in [0.1, 0.15) is 19.4 Å². The Morgan fingerprint density at radius 1 is 1.30 bits per heavy atom. The first-order valence-electron chi connectivity index (χ1n) is 6.87. The first-order chi connectivity index (χ1) is 9.48. The first-order valence-corrected chi connectivity index (χ1v) is 8.31. The molecule has 0 unspecified atom stereocenters. The van der Waals surface area contributed by atoms with E-state index in [0.29, 0.717) is 24.7 Å². The minimum absolute atomic E-state index is 0.0706. The van der Waals surface area contributed by atoms with E-state index in [1.54, 1.807) is 22.5 Å². The fourth-order valence-corrected chi connectivity index (χ4v) is 4.41. The van der Waals surface area contributed by atoms with Crippen LogP contribution in [0.5, 0.6) is 5.75 Å². The maximum Gasteiger partial charge on any atom is 0.243 e. The molecule has 1 aromatic rings. The van der Waals surface area contributed by atoms with Crippen LogP contribution in [-0.2, 0) is 21.2 Å². The summed E-state index contributed by atoms with van der Waals surface area (Å²) in [4.78, 5) is 0.350. The van der Waals surface area contributed by atoms with Crippen LogP contribution >= 0.6 is 0 Å². The normalized spacial score (nSPS) is 27.1. The van der Waals surface area contributed by atoms with Gasteiger partial charge in [0.1, 0.15) is 5.75 Å². The van der Waals surface area contributed by atoms with Crippen LogP contribution in [0.15, 0.2) is 23.1 Å². The molecule has 2 aliphatic rings. The number of rotatable bonds is 2. The smallest absolute Gasteiger partial charge is 0.243 e. The third-order valence-electron chi connectivity index (χ3n) is 3.82. The van der Waals surface area contributed by atoms with Crippen LogP contribution in [0.4, 0.5) is 0 Å². The number of morpholine rings is 1. The van der Waals surface area contributed by atoms with Crippen molar-refractivity contribution < 1.29 is 17.9 Å². The summed E-state index contributed by atoms with van der Waals surface area (Å²) in [6.07, 6.45) is 0.701. The van der Waals surface area contributed by atoms with Gasteiger partial charge in [-0.3, -0.25) is 0 Å². The second-order valence-corrected chi connectivity index (χ2v) is 7.33. The molecule has 1 saturated heterocycles. The molecule has 110 valence electrons. The Morgan fingerprint density at radius 3 is 2.90 bits per heavy atom. The second kappa shape index (κ2) is 5.02. The maximum absolute atomic E-state index is 12.8. The largest absolute Gasteiger partial charge is 0.493 e. The third-order valence-corrected chi connectivity index (χ3v) is 5.79. The predicted molar refractivity (Wildman–Crippen MR) is 74.4 cm³/mol. The van der Waals surface area contributed by atoms with Gasteiger partial charge in [-0.15, -0.1) is 0 Å². The summed E-state index contributed by atoms with van der Waals surface area (Å²) in [6.45, 7) is 5.24. The van der Waals surface area contributed by atoms with E-state index in [1.807, 2.05) is 13.8 Å². The summed E-state index contributed by atoms with van der Waals surface area (Å²) in [5.74, 6) is 0.798. The molecule has 0 radical (unpaired) electrons. The molecule has 0 aliphatic carbocycles. The predicted octanol–water partition coefficient (Wildman–Crippen LogP) is 1.42. The Bertz CT molecular complexity index is 614. The van der Waals surface area contributed by atoms with E-state index in [-0.39, 0.29) is 12.1 Å². The van der Waals surface area contributed by atoms with Crippen LogP contribution < -0.4 is 4.74 Å². The van der Waals surface area contributed by atoms with Gasteiger partial charge in [-0.25, -0.2) is 8.42 Å². The molecule has 0 saturated carbocycles. The Balaban J connectivity index is 1.95. The summed E-state index contributed by atoms with van der Waals surface area (Å²) >= 11 is 0. The number of ether oxygens (including phenoxy) is 2. The lowest BCUT2D eigenvalue weighted by atomic mass is 10.2. The maximum atomic E-state index is 12.8. The van der Waals surface area contributed by atoms with Crippen molar-refractivity contribution in [2.45, 2.75) is 37.3 Å². The number of nitrogens with zero attached hydrogens (tertiary/aromatic N) is 1. The van der Waals surface area contributed by atoms with Crippen molar-refractivity contribution in [2.75, 3.05) is 19.8 Å².